The van der Waals surface area contributed by atoms with Crippen LogP contribution in [0.15, 0.2) is 53.4 Å². The van der Waals surface area contributed by atoms with Crippen molar-refractivity contribution in [1.82, 2.24) is 9.88 Å². The second-order valence-electron chi connectivity index (χ2n) is 9.24. The summed E-state index contributed by atoms with van der Waals surface area (Å²) in [4.78, 5) is 21.2. The molecule has 7 nitrogen and oxygen atoms in total. The van der Waals surface area contributed by atoms with Crippen molar-refractivity contribution >= 4 is 32.2 Å². The summed E-state index contributed by atoms with van der Waals surface area (Å²) < 4.78 is 23.2. The number of hydrogen-bond acceptors (Lipinski definition) is 7. The Morgan fingerprint density at radius 1 is 1.17 bits per heavy atom. The van der Waals surface area contributed by atoms with E-state index < -0.39 is 9.84 Å². The standard InChI is InChI=1S/C26H28N4O3S2/c1-16(2)25-24-22(15-30(25)17(3)20-9-5-19(14-27)6-10-20)34-26(29-24)28-23(31)13-18-7-11-21(12-8-18)35(4,32)33/h5-12,16-17,25H,13,15H2,1-4H3,(H,28,29,31)/t17-,25+/m1/s1. The number of rotatable bonds is 7. The Labute approximate surface area is 210 Å². The van der Waals surface area contributed by atoms with E-state index in [1.165, 1.54) is 23.5 Å². The molecular formula is C26H28N4O3S2. The van der Waals surface area contributed by atoms with Gasteiger partial charge in [-0.05, 0) is 48.2 Å². The molecule has 1 aliphatic rings. The summed E-state index contributed by atoms with van der Waals surface area (Å²) in [5, 5.41) is 12.6. The van der Waals surface area contributed by atoms with Crippen LogP contribution in [0.2, 0.25) is 0 Å². The van der Waals surface area contributed by atoms with Crippen molar-refractivity contribution in [2.75, 3.05) is 11.6 Å². The molecule has 2 atom stereocenters. The molecule has 3 aromatic rings. The molecule has 1 N–H and O–H groups in total. The fourth-order valence-corrected chi connectivity index (χ4v) is 6.15. The van der Waals surface area contributed by atoms with Crippen molar-refractivity contribution in [2.24, 2.45) is 5.92 Å². The maximum atomic E-state index is 12.6. The lowest BCUT2D eigenvalue weighted by molar-refractivity contribution is -0.115. The van der Waals surface area contributed by atoms with Gasteiger partial charge in [0, 0.05) is 23.7 Å². The quantitative estimate of drug-likeness (QED) is 0.488. The van der Waals surface area contributed by atoms with E-state index in [1.54, 1.807) is 12.1 Å². The van der Waals surface area contributed by atoms with E-state index in [1.807, 2.05) is 24.3 Å². The number of benzene rings is 2. The minimum Gasteiger partial charge on any atom is -0.302 e. The summed E-state index contributed by atoms with van der Waals surface area (Å²) in [5.41, 5.74) is 3.55. The molecule has 0 bridgehead atoms. The molecule has 1 aromatic heterocycles. The number of sulfone groups is 1. The zero-order valence-electron chi connectivity index (χ0n) is 20.1. The van der Waals surface area contributed by atoms with E-state index in [0.29, 0.717) is 16.6 Å². The first-order valence-corrected chi connectivity index (χ1v) is 14.1. The Kier molecular flexibility index (Phi) is 7.08. The van der Waals surface area contributed by atoms with Crippen LogP contribution in [0.4, 0.5) is 5.13 Å². The van der Waals surface area contributed by atoms with Crippen LogP contribution in [-0.2, 0) is 27.6 Å². The molecule has 4 rings (SSSR count). The molecule has 35 heavy (non-hydrogen) atoms. The molecule has 2 aromatic carbocycles. The number of nitrogens with zero attached hydrogens (tertiary/aromatic N) is 3. The Bertz CT molecular complexity index is 1370. The maximum absolute atomic E-state index is 12.6. The molecule has 0 fully saturated rings. The van der Waals surface area contributed by atoms with Crippen LogP contribution in [0.5, 0.6) is 0 Å². The van der Waals surface area contributed by atoms with Crippen LogP contribution in [0.1, 0.15) is 60.1 Å². The Morgan fingerprint density at radius 3 is 2.40 bits per heavy atom. The molecule has 0 unspecified atom stereocenters. The number of anilines is 1. The maximum Gasteiger partial charge on any atom is 0.230 e. The highest BCUT2D eigenvalue weighted by Crippen LogP contribution is 2.46. The van der Waals surface area contributed by atoms with Crippen LogP contribution in [0.25, 0.3) is 0 Å². The third kappa shape index (κ3) is 5.45. The summed E-state index contributed by atoms with van der Waals surface area (Å²) in [6.45, 7) is 7.27. The fraction of sp³-hybridized carbons (Fsp3) is 0.346. The highest BCUT2D eigenvalue weighted by atomic mass is 32.2. The third-order valence-corrected chi connectivity index (χ3v) is 8.40. The van der Waals surface area contributed by atoms with Crippen molar-refractivity contribution in [1.29, 1.82) is 5.26 Å². The number of nitriles is 1. The zero-order valence-corrected chi connectivity index (χ0v) is 21.8. The molecule has 0 saturated carbocycles. The van der Waals surface area contributed by atoms with E-state index >= 15 is 0 Å². The van der Waals surface area contributed by atoms with Gasteiger partial charge >= 0.3 is 0 Å². The van der Waals surface area contributed by atoms with Gasteiger partial charge in [-0.15, -0.1) is 11.3 Å². The summed E-state index contributed by atoms with van der Waals surface area (Å²) in [7, 11) is -3.26. The van der Waals surface area contributed by atoms with Crippen LogP contribution in [-0.4, -0.2) is 30.5 Å². The minimum absolute atomic E-state index is 0.126. The summed E-state index contributed by atoms with van der Waals surface area (Å²) in [5.74, 6) is 0.143. The second-order valence-corrected chi connectivity index (χ2v) is 12.3. The van der Waals surface area contributed by atoms with Gasteiger partial charge in [-0.25, -0.2) is 13.4 Å². The lowest BCUT2D eigenvalue weighted by atomic mass is 9.98. The first-order chi connectivity index (χ1) is 16.6. The molecule has 0 saturated heterocycles. The Balaban J connectivity index is 1.46. The van der Waals surface area contributed by atoms with Crippen LogP contribution in [0.3, 0.4) is 0 Å². The SMILES string of the molecule is CC(C)[C@H]1c2nc(NC(=O)Cc3ccc(S(C)(=O)=O)cc3)sc2CN1[C@H](C)c1ccc(C#N)cc1. The van der Waals surface area contributed by atoms with Gasteiger partial charge in [0.15, 0.2) is 15.0 Å². The average Bonchev–Trinajstić information content (AvgIpc) is 3.35. The van der Waals surface area contributed by atoms with Crippen molar-refractivity contribution in [3.63, 3.8) is 0 Å². The molecule has 182 valence electrons. The predicted molar refractivity (Wildman–Crippen MR) is 137 cm³/mol. The number of thiazole rings is 1. The average molecular weight is 509 g/mol. The topological polar surface area (TPSA) is 103 Å². The number of amides is 1. The predicted octanol–water partition coefficient (Wildman–Crippen LogP) is 4.87. The fourth-order valence-electron chi connectivity index (χ4n) is 4.49. The molecule has 0 aliphatic carbocycles. The van der Waals surface area contributed by atoms with Crippen molar-refractivity contribution in [3.8, 4) is 6.07 Å². The summed E-state index contributed by atoms with van der Waals surface area (Å²) in [6, 6.07) is 16.5. The lowest BCUT2D eigenvalue weighted by Crippen LogP contribution is -2.29. The molecule has 2 heterocycles. The molecule has 0 spiro atoms. The van der Waals surface area contributed by atoms with E-state index in [2.05, 4.69) is 37.1 Å². The summed E-state index contributed by atoms with van der Waals surface area (Å²) in [6.07, 6.45) is 1.30. The Morgan fingerprint density at radius 2 is 1.83 bits per heavy atom. The van der Waals surface area contributed by atoms with Crippen LogP contribution >= 0.6 is 11.3 Å². The third-order valence-electron chi connectivity index (χ3n) is 6.30. The van der Waals surface area contributed by atoms with Crippen molar-refractivity contribution in [2.45, 2.75) is 50.7 Å². The van der Waals surface area contributed by atoms with E-state index in [4.69, 9.17) is 10.2 Å². The number of carbonyl (C=O) groups excluding carboxylic acids is 1. The number of carbonyl (C=O) groups is 1. The zero-order chi connectivity index (χ0) is 25.3. The van der Waals surface area contributed by atoms with Gasteiger partial charge in [0.2, 0.25) is 5.91 Å². The highest BCUT2D eigenvalue weighted by molar-refractivity contribution is 7.90. The van der Waals surface area contributed by atoms with E-state index in [0.717, 1.165) is 34.5 Å². The van der Waals surface area contributed by atoms with E-state index in [-0.39, 0.29) is 29.3 Å². The number of aromatic nitrogens is 1. The van der Waals surface area contributed by atoms with Gasteiger partial charge < -0.3 is 5.32 Å². The minimum atomic E-state index is -3.26. The van der Waals surface area contributed by atoms with Gasteiger partial charge in [0.25, 0.3) is 0 Å². The smallest absolute Gasteiger partial charge is 0.230 e. The van der Waals surface area contributed by atoms with E-state index in [9.17, 15) is 13.2 Å². The first-order valence-electron chi connectivity index (χ1n) is 11.4. The van der Waals surface area contributed by atoms with Gasteiger partial charge in [0.1, 0.15) is 0 Å². The highest BCUT2D eigenvalue weighted by Gasteiger charge is 2.38. The van der Waals surface area contributed by atoms with Gasteiger partial charge in [-0.2, -0.15) is 5.26 Å². The first kappa shape index (κ1) is 25.0. The molecule has 1 aliphatic heterocycles. The molecule has 0 radical (unpaired) electrons. The molecular weight excluding hydrogens is 480 g/mol. The molecule has 9 heteroatoms. The number of nitrogens with one attached hydrogen (secondary N) is 1. The second kappa shape index (κ2) is 9.90. The normalized spacial score (nSPS) is 16.6. The lowest BCUT2D eigenvalue weighted by Gasteiger charge is -2.33. The van der Waals surface area contributed by atoms with Crippen LogP contribution in [0, 0.1) is 17.2 Å². The van der Waals surface area contributed by atoms with Crippen LogP contribution < -0.4 is 5.32 Å². The largest absolute Gasteiger partial charge is 0.302 e. The Hall–Kier alpha value is -3.06. The summed E-state index contributed by atoms with van der Waals surface area (Å²) >= 11 is 1.50. The van der Waals surface area contributed by atoms with Crippen molar-refractivity contribution in [3.05, 3.63) is 75.8 Å². The monoisotopic (exact) mass is 508 g/mol. The molecule has 1 amide bonds. The van der Waals surface area contributed by atoms with Gasteiger partial charge in [0.05, 0.1) is 34.7 Å². The number of hydrogen-bond donors (Lipinski definition) is 1. The van der Waals surface area contributed by atoms with Crippen molar-refractivity contribution < 1.29 is 13.2 Å². The number of fused-ring (bicyclic) bond motifs is 1. The van der Waals surface area contributed by atoms with Gasteiger partial charge in [-0.1, -0.05) is 38.1 Å². The van der Waals surface area contributed by atoms with Gasteiger partial charge in [-0.3, -0.25) is 9.69 Å².